The molecule has 0 bridgehead atoms. The molecule has 3 heterocycles. The lowest BCUT2D eigenvalue weighted by Crippen LogP contribution is -2.34. The van der Waals surface area contributed by atoms with Gasteiger partial charge in [-0.05, 0) is 18.1 Å². The summed E-state index contributed by atoms with van der Waals surface area (Å²) in [6.07, 6.45) is -2.22. The summed E-state index contributed by atoms with van der Waals surface area (Å²) in [4.78, 5) is 34.4. The molecule has 0 atom stereocenters. The Balaban J connectivity index is 1.73. The van der Waals surface area contributed by atoms with Gasteiger partial charge in [0.2, 0.25) is 0 Å². The molecule has 4 rings (SSSR count). The monoisotopic (exact) mass is 418 g/mol. The van der Waals surface area contributed by atoms with Gasteiger partial charge in [0.25, 0.3) is 5.56 Å². The maximum Gasteiger partial charge on any atom is 0.416 e. The fourth-order valence-corrected chi connectivity index (χ4v) is 3.28. The van der Waals surface area contributed by atoms with Crippen molar-refractivity contribution in [3.63, 3.8) is 0 Å². The smallest absolute Gasteiger partial charge is 0.332 e. The second kappa shape index (κ2) is 7.32. The minimum Gasteiger partial charge on any atom is -0.332 e. The van der Waals surface area contributed by atoms with Gasteiger partial charge < -0.3 is 4.98 Å². The van der Waals surface area contributed by atoms with Gasteiger partial charge in [0.1, 0.15) is 11.3 Å². The first kappa shape index (κ1) is 19.7. The maximum atomic E-state index is 13.0. The lowest BCUT2D eigenvalue weighted by molar-refractivity contribution is -0.137. The normalized spacial score (nSPS) is 12.0. The fraction of sp³-hybridized carbons (Fsp3) is 0.263. The van der Waals surface area contributed by atoms with Gasteiger partial charge in [0, 0.05) is 13.0 Å². The Kier molecular flexibility index (Phi) is 4.80. The summed E-state index contributed by atoms with van der Waals surface area (Å²) in [5, 5.41) is 6.73. The van der Waals surface area contributed by atoms with Crippen LogP contribution in [0.2, 0.25) is 0 Å². The number of hydrogen-bond donors (Lipinski definition) is 3. The van der Waals surface area contributed by atoms with Crippen LogP contribution in [0.4, 0.5) is 13.2 Å². The van der Waals surface area contributed by atoms with Crippen molar-refractivity contribution in [3.05, 3.63) is 68.1 Å². The van der Waals surface area contributed by atoms with Crippen LogP contribution in [0.3, 0.4) is 0 Å². The quantitative estimate of drug-likeness (QED) is 0.463. The molecule has 0 amide bonds. The SMILES string of the molecule is CCCn1c(=O)[nH]c2nc(-c3cn[nH]c3Cc3cccc(C(F)(F)F)c3)[nH]c2c1=O. The molecule has 0 spiro atoms. The number of alkyl halides is 3. The van der Waals surface area contributed by atoms with Gasteiger partial charge in [0.05, 0.1) is 23.0 Å². The molecule has 0 saturated heterocycles. The molecule has 0 radical (unpaired) electrons. The van der Waals surface area contributed by atoms with E-state index >= 15 is 0 Å². The Morgan fingerprint density at radius 3 is 2.70 bits per heavy atom. The van der Waals surface area contributed by atoms with E-state index in [-0.39, 0.29) is 30.0 Å². The highest BCUT2D eigenvalue weighted by Crippen LogP contribution is 2.30. The van der Waals surface area contributed by atoms with Crippen molar-refractivity contribution in [2.24, 2.45) is 0 Å². The number of hydrogen-bond acceptors (Lipinski definition) is 4. The van der Waals surface area contributed by atoms with E-state index in [0.717, 1.165) is 16.7 Å². The van der Waals surface area contributed by atoms with Crippen LogP contribution in [-0.4, -0.2) is 29.7 Å². The highest BCUT2D eigenvalue weighted by molar-refractivity contribution is 5.75. The van der Waals surface area contributed by atoms with Crippen LogP contribution < -0.4 is 11.2 Å². The predicted octanol–water partition coefficient (Wildman–Crippen LogP) is 2.82. The van der Waals surface area contributed by atoms with E-state index in [1.54, 1.807) is 6.07 Å². The molecule has 3 N–H and O–H groups in total. The summed E-state index contributed by atoms with van der Waals surface area (Å²) in [6, 6.07) is 5.01. The number of nitrogens with one attached hydrogen (secondary N) is 3. The van der Waals surface area contributed by atoms with Crippen molar-refractivity contribution in [1.29, 1.82) is 0 Å². The predicted molar refractivity (Wildman–Crippen MR) is 103 cm³/mol. The van der Waals surface area contributed by atoms with Crippen LogP contribution in [0.25, 0.3) is 22.6 Å². The summed E-state index contributed by atoms with van der Waals surface area (Å²) >= 11 is 0. The van der Waals surface area contributed by atoms with Crippen molar-refractivity contribution in [2.45, 2.75) is 32.5 Å². The van der Waals surface area contributed by atoms with Crippen LogP contribution in [-0.2, 0) is 19.1 Å². The van der Waals surface area contributed by atoms with Gasteiger partial charge in [-0.1, -0.05) is 25.1 Å². The Morgan fingerprint density at radius 1 is 1.17 bits per heavy atom. The van der Waals surface area contributed by atoms with E-state index in [2.05, 4.69) is 25.1 Å². The van der Waals surface area contributed by atoms with Gasteiger partial charge in [-0.3, -0.25) is 19.4 Å². The lowest BCUT2D eigenvalue weighted by Gasteiger charge is -2.08. The van der Waals surface area contributed by atoms with Crippen molar-refractivity contribution in [2.75, 3.05) is 0 Å². The molecule has 156 valence electrons. The number of nitrogens with zero attached hydrogens (tertiary/aromatic N) is 3. The standard InChI is InChI=1S/C19H17F3N6O2/c1-2-6-28-17(29)14-16(26-18(28)30)25-15(24-14)12-9-23-27-13(12)8-10-4-3-5-11(7-10)19(20,21)22/h3-5,7,9H,2,6,8H2,1H3,(H,23,27)(H,24,25)(H,26,30). The Hall–Kier alpha value is -3.63. The summed E-state index contributed by atoms with van der Waals surface area (Å²) < 4.78 is 40.0. The molecule has 11 heteroatoms. The third kappa shape index (κ3) is 3.53. The first-order chi connectivity index (χ1) is 14.3. The average Bonchev–Trinajstić information content (AvgIpc) is 3.31. The topological polar surface area (TPSA) is 112 Å². The van der Waals surface area contributed by atoms with Gasteiger partial charge in [-0.25, -0.2) is 9.78 Å². The molecule has 0 aliphatic carbocycles. The van der Waals surface area contributed by atoms with Crippen LogP contribution in [0.5, 0.6) is 0 Å². The molecule has 3 aromatic heterocycles. The zero-order valence-electron chi connectivity index (χ0n) is 15.8. The summed E-state index contributed by atoms with van der Waals surface area (Å²) in [6.45, 7) is 2.12. The average molecular weight is 418 g/mol. The second-order valence-electron chi connectivity index (χ2n) is 6.83. The molecule has 4 aromatic rings. The third-order valence-electron chi connectivity index (χ3n) is 4.69. The van der Waals surface area contributed by atoms with E-state index < -0.39 is 23.0 Å². The van der Waals surface area contributed by atoms with Gasteiger partial charge in [0.15, 0.2) is 5.65 Å². The van der Waals surface area contributed by atoms with Crippen molar-refractivity contribution in [1.82, 2.24) is 29.7 Å². The number of imidazole rings is 1. The molecule has 8 nitrogen and oxygen atoms in total. The molecular weight excluding hydrogens is 401 g/mol. The van der Waals surface area contributed by atoms with E-state index in [1.165, 1.54) is 12.3 Å². The maximum absolute atomic E-state index is 13.0. The number of aromatic amines is 3. The highest BCUT2D eigenvalue weighted by Gasteiger charge is 2.30. The molecule has 0 aliphatic heterocycles. The van der Waals surface area contributed by atoms with Crippen molar-refractivity contribution in [3.8, 4) is 11.4 Å². The van der Waals surface area contributed by atoms with Gasteiger partial charge in [-0.15, -0.1) is 0 Å². The third-order valence-corrected chi connectivity index (χ3v) is 4.69. The largest absolute Gasteiger partial charge is 0.416 e. The van der Waals surface area contributed by atoms with E-state index in [9.17, 15) is 22.8 Å². The highest BCUT2D eigenvalue weighted by atomic mass is 19.4. The molecule has 0 saturated carbocycles. The molecule has 0 aliphatic rings. The van der Waals surface area contributed by atoms with Crippen LogP contribution in [0, 0.1) is 0 Å². The Bertz CT molecular complexity index is 1330. The molecule has 0 fully saturated rings. The van der Waals surface area contributed by atoms with Crippen molar-refractivity contribution < 1.29 is 13.2 Å². The fourth-order valence-electron chi connectivity index (χ4n) is 3.28. The first-order valence-corrected chi connectivity index (χ1v) is 9.19. The molecule has 0 unspecified atom stereocenters. The molecule has 1 aromatic carbocycles. The molecular formula is C19H17F3N6O2. The minimum absolute atomic E-state index is 0.110. The lowest BCUT2D eigenvalue weighted by atomic mass is 10.0. The number of benzene rings is 1. The Labute approximate surface area is 166 Å². The second-order valence-corrected chi connectivity index (χ2v) is 6.83. The zero-order valence-corrected chi connectivity index (χ0v) is 15.8. The van der Waals surface area contributed by atoms with E-state index in [0.29, 0.717) is 23.2 Å². The van der Waals surface area contributed by atoms with E-state index in [1.807, 2.05) is 6.92 Å². The number of rotatable bonds is 5. The van der Waals surface area contributed by atoms with Crippen LogP contribution in [0.1, 0.15) is 30.2 Å². The number of halogens is 3. The summed E-state index contributed by atoms with van der Waals surface area (Å²) in [7, 11) is 0. The van der Waals surface area contributed by atoms with Crippen molar-refractivity contribution >= 4 is 11.2 Å². The van der Waals surface area contributed by atoms with Crippen LogP contribution in [0.15, 0.2) is 40.1 Å². The minimum atomic E-state index is -4.43. The Morgan fingerprint density at radius 2 is 1.97 bits per heavy atom. The number of aromatic nitrogens is 6. The number of H-pyrrole nitrogens is 3. The number of fused-ring (bicyclic) bond motifs is 1. The van der Waals surface area contributed by atoms with E-state index in [4.69, 9.17) is 0 Å². The summed E-state index contributed by atoms with van der Waals surface area (Å²) in [5.74, 6) is 0.280. The zero-order chi connectivity index (χ0) is 21.5. The van der Waals surface area contributed by atoms with Gasteiger partial charge >= 0.3 is 11.9 Å². The van der Waals surface area contributed by atoms with Gasteiger partial charge in [-0.2, -0.15) is 18.3 Å². The summed E-state index contributed by atoms with van der Waals surface area (Å²) in [5.41, 5.74) is -0.0802. The first-order valence-electron chi connectivity index (χ1n) is 9.19. The van der Waals surface area contributed by atoms with Crippen LogP contribution >= 0.6 is 0 Å². The molecule has 30 heavy (non-hydrogen) atoms.